The topological polar surface area (TPSA) is 44.8 Å². The van der Waals surface area contributed by atoms with Crippen molar-refractivity contribution in [2.75, 3.05) is 42.8 Å². The van der Waals surface area contributed by atoms with Crippen molar-refractivity contribution in [3.05, 3.63) is 89.0 Å². The maximum atomic E-state index is 12.9. The normalized spacial score (nSPS) is 14.1. The highest BCUT2D eigenvalue weighted by Crippen LogP contribution is 2.48. The predicted octanol–water partition coefficient (Wildman–Crippen LogP) is 4.85. The van der Waals surface area contributed by atoms with Crippen LogP contribution in [0.5, 0.6) is 0 Å². The SMILES string of the molecule is CN(C)c1ccc(C2(c3ccc(N(C)C)cc3)OC(=O)c3cc(NCl)ccc32)cc1. The fourth-order valence-electron chi connectivity index (χ4n) is 3.91. The van der Waals surface area contributed by atoms with Crippen LogP contribution in [0.2, 0.25) is 0 Å². The standard InChI is InChI=1S/C24H24ClN3O2/c1-27(2)19-10-5-16(6-11-19)24(17-7-12-20(13-8-17)28(3)4)22-14-9-18(26-25)15-21(22)23(29)30-24/h5-15,26H,1-4H3. The molecule has 4 rings (SSSR count). The number of hydrogen-bond donors (Lipinski definition) is 1. The molecule has 3 aromatic rings. The molecule has 6 heteroatoms. The Morgan fingerprint density at radius 2 is 1.30 bits per heavy atom. The average Bonchev–Trinajstić information content (AvgIpc) is 3.06. The molecule has 0 aliphatic carbocycles. The molecular formula is C24H24ClN3O2. The fraction of sp³-hybridized carbons (Fsp3) is 0.208. The van der Waals surface area contributed by atoms with Crippen molar-refractivity contribution in [1.29, 1.82) is 0 Å². The van der Waals surface area contributed by atoms with Crippen LogP contribution in [-0.2, 0) is 10.3 Å². The van der Waals surface area contributed by atoms with E-state index in [-0.39, 0.29) is 5.97 Å². The summed E-state index contributed by atoms with van der Waals surface area (Å²) in [5, 5.41) is 0. The Kier molecular flexibility index (Phi) is 5.08. The largest absolute Gasteiger partial charge is 0.441 e. The van der Waals surface area contributed by atoms with Gasteiger partial charge in [-0.05, 0) is 36.4 Å². The second-order valence-electron chi connectivity index (χ2n) is 7.81. The second kappa shape index (κ2) is 7.58. The van der Waals surface area contributed by atoms with E-state index in [4.69, 9.17) is 16.5 Å². The van der Waals surface area contributed by atoms with E-state index >= 15 is 0 Å². The van der Waals surface area contributed by atoms with Crippen molar-refractivity contribution in [3.63, 3.8) is 0 Å². The minimum Gasteiger partial charge on any atom is -0.441 e. The molecule has 0 bridgehead atoms. The second-order valence-corrected chi connectivity index (χ2v) is 8.00. The Bertz CT molecular complexity index is 1030. The molecule has 3 aromatic carbocycles. The number of carbonyl (C=O) groups is 1. The molecule has 0 aromatic heterocycles. The van der Waals surface area contributed by atoms with E-state index < -0.39 is 5.60 Å². The third-order valence-corrected chi connectivity index (χ3v) is 5.77. The third-order valence-electron chi connectivity index (χ3n) is 5.55. The number of nitrogens with one attached hydrogen (secondary N) is 1. The van der Waals surface area contributed by atoms with Gasteiger partial charge < -0.3 is 14.5 Å². The van der Waals surface area contributed by atoms with E-state index in [0.717, 1.165) is 28.1 Å². The van der Waals surface area contributed by atoms with E-state index in [0.29, 0.717) is 11.3 Å². The smallest absolute Gasteiger partial charge is 0.340 e. The zero-order chi connectivity index (χ0) is 21.5. The van der Waals surface area contributed by atoms with Crippen LogP contribution in [0, 0.1) is 0 Å². The van der Waals surface area contributed by atoms with Crippen LogP contribution >= 0.6 is 11.8 Å². The predicted molar refractivity (Wildman–Crippen MR) is 123 cm³/mol. The van der Waals surface area contributed by atoms with Crippen molar-refractivity contribution in [3.8, 4) is 0 Å². The molecule has 30 heavy (non-hydrogen) atoms. The van der Waals surface area contributed by atoms with Crippen LogP contribution in [0.25, 0.3) is 0 Å². The van der Waals surface area contributed by atoms with Crippen molar-refractivity contribution in [2.45, 2.75) is 5.60 Å². The molecule has 1 heterocycles. The Hall–Kier alpha value is -3.18. The maximum Gasteiger partial charge on any atom is 0.340 e. The van der Waals surface area contributed by atoms with Crippen molar-refractivity contribution in [2.24, 2.45) is 0 Å². The van der Waals surface area contributed by atoms with E-state index in [2.05, 4.69) is 4.84 Å². The third kappa shape index (κ3) is 3.15. The summed E-state index contributed by atoms with van der Waals surface area (Å²) < 4.78 is 6.15. The summed E-state index contributed by atoms with van der Waals surface area (Å²) >= 11 is 5.76. The van der Waals surface area contributed by atoms with Crippen molar-refractivity contribution in [1.82, 2.24) is 0 Å². The van der Waals surface area contributed by atoms with Gasteiger partial charge in [-0.25, -0.2) is 4.79 Å². The lowest BCUT2D eigenvalue weighted by atomic mass is 9.79. The molecule has 0 radical (unpaired) electrons. The number of benzene rings is 3. The van der Waals surface area contributed by atoms with E-state index in [1.807, 2.05) is 98.7 Å². The lowest BCUT2D eigenvalue weighted by molar-refractivity contribution is 0.0251. The van der Waals surface area contributed by atoms with Crippen LogP contribution in [-0.4, -0.2) is 34.2 Å². The number of carbonyl (C=O) groups excluding carboxylic acids is 1. The number of nitrogens with zero attached hydrogens (tertiary/aromatic N) is 2. The van der Waals surface area contributed by atoms with Crippen molar-refractivity contribution < 1.29 is 9.53 Å². The van der Waals surface area contributed by atoms with Crippen molar-refractivity contribution >= 4 is 34.8 Å². The number of halogens is 1. The van der Waals surface area contributed by atoms with Gasteiger partial charge in [0.25, 0.3) is 0 Å². The number of cyclic esters (lactones) is 1. The monoisotopic (exact) mass is 421 g/mol. The molecule has 0 saturated heterocycles. The average molecular weight is 422 g/mol. The molecule has 0 spiro atoms. The molecule has 1 aliphatic rings. The Labute approximate surface area is 181 Å². The van der Waals surface area contributed by atoms with Gasteiger partial charge in [0.2, 0.25) is 0 Å². The summed E-state index contributed by atoms with van der Waals surface area (Å²) in [4.78, 5) is 19.6. The first-order chi connectivity index (χ1) is 14.4. The van der Waals surface area contributed by atoms with Gasteiger partial charge in [0.1, 0.15) is 0 Å². The van der Waals surface area contributed by atoms with E-state index in [9.17, 15) is 4.79 Å². The first-order valence-electron chi connectivity index (χ1n) is 9.67. The van der Waals surface area contributed by atoms with Gasteiger partial charge in [-0.1, -0.05) is 30.3 Å². The van der Waals surface area contributed by atoms with Crippen LogP contribution in [0.1, 0.15) is 27.0 Å². The number of ether oxygens (including phenoxy) is 1. The Balaban J connectivity index is 1.94. The molecule has 1 N–H and O–H groups in total. The number of hydrogen-bond acceptors (Lipinski definition) is 5. The highest BCUT2D eigenvalue weighted by Gasteiger charge is 2.48. The van der Waals surface area contributed by atoms with E-state index in [1.54, 1.807) is 6.07 Å². The Morgan fingerprint density at radius 1 is 0.800 bits per heavy atom. The summed E-state index contributed by atoms with van der Waals surface area (Å²) in [6.45, 7) is 0. The summed E-state index contributed by atoms with van der Waals surface area (Å²) in [5.74, 6) is -0.368. The molecule has 0 unspecified atom stereocenters. The lowest BCUT2D eigenvalue weighted by Crippen LogP contribution is -2.29. The molecular weight excluding hydrogens is 398 g/mol. The number of esters is 1. The molecule has 0 amide bonds. The zero-order valence-electron chi connectivity index (χ0n) is 17.4. The fourth-order valence-corrected chi connectivity index (χ4v) is 4.03. The van der Waals surface area contributed by atoms with Gasteiger partial charge in [0.05, 0.1) is 11.3 Å². The van der Waals surface area contributed by atoms with Crippen LogP contribution in [0.4, 0.5) is 17.1 Å². The quantitative estimate of drug-likeness (QED) is 0.471. The molecule has 0 fully saturated rings. The zero-order valence-corrected chi connectivity index (χ0v) is 18.2. The van der Waals surface area contributed by atoms with Gasteiger partial charge in [-0.15, -0.1) is 0 Å². The van der Waals surface area contributed by atoms with Gasteiger partial charge in [-0.2, -0.15) is 0 Å². The molecule has 154 valence electrons. The molecule has 1 aliphatic heterocycles. The Morgan fingerprint density at radius 3 is 1.73 bits per heavy atom. The molecule has 0 saturated carbocycles. The highest BCUT2D eigenvalue weighted by atomic mass is 35.5. The summed E-state index contributed by atoms with van der Waals surface area (Å²) in [6.07, 6.45) is 0. The summed E-state index contributed by atoms with van der Waals surface area (Å²) in [5.41, 5.74) is 4.87. The lowest BCUT2D eigenvalue weighted by Gasteiger charge is -2.31. The van der Waals surface area contributed by atoms with Gasteiger partial charge in [0, 0.05) is 68.0 Å². The summed E-state index contributed by atoms with van der Waals surface area (Å²) in [7, 11) is 7.99. The number of anilines is 3. The van der Waals surface area contributed by atoms with E-state index in [1.165, 1.54) is 0 Å². The minimum atomic E-state index is -1.02. The number of fused-ring (bicyclic) bond motifs is 1. The van der Waals surface area contributed by atoms with Gasteiger partial charge in [0.15, 0.2) is 5.60 Å². The maximum absolute atomic E-state index is 12.9. The minimum absolute atomic E-state index is 0.368. The van der Waals surface area contributed by atoms with Crippen LogP contribution in [0.15, 0.2) is 66.7 Å². The van der Waals surface area contributed by atoms with Gasteiger partial charge in [-0.3, -0.25) is 4.84 Å². The van der Waals surface area contributed by atoms with Gasteiger partial charge >= 0.3 is 5.97 Å². The van der Waals surface area contributed by atoms with Crippen LogP contribution < -0.4 is 14.6 Å². The molecule has 5 nitrogen and oxygen atoms in total. The van der Waals surface area contributed by atoms with Crippen LogP contribution in [0.3, 0.4) is 0 Å². The molecule has 0 atom stereocenters. The summed E-state index contributed by atoms with van der Waals surface area (Å²) in [6, 6.07) is 21.7. The first-order valence-corrected chi connectivity index (χ1v) is 10.0. The number of rotatable bonds is 5. The first kappa shape index (κ1) is 20.1. The highest BCUT2D eigenvalue weighted by molar-refractivity contribution is 6.24.